The number of nitrogens with zero attached hydrogens (tertiary/aromatic N) is 1. The molecule has 1 N–H and O–H groups in total. The Hall–Kier alpha value is -1.29. The SMILES string of the molecule is CCCn1cc(C(=O)NCC23CCC(CC2)CC3)c2c(Br)cccc21. The van der Waals surface area contributed by atoms with Gasteiger partial charge in [-0.3, -0.25) is 4.79 Å². The molecule has 5 rings (SSSR count). The van der Waals surface area contributed by atoms with Gasteiger partial charge in [0.1, 0.15) is 0 Å². The van der Waals surface area contributed by atoms with Gasteiger partial charge in [0.15, 0.2) is 0 Å². The lowest BCUT2D eigenvalue weighted by Crippen LogP contribution is -2.43. The van der Waals surface area contributed by atoms with Crippen molar-refractivity contribution in [1.82, 2.24) is 9.88 Å². The number of fused-ring (bicyclic) bond motifs is 4. The zero-order valence-electron chi connectivity index (χ0n) is 15.0. The summed E-state index contributed by atoms with van der Waals surface area (Å²) in [7, 11) is 0. The number of aryl methyl sites for hydroxylation is 1. The minimum atomic E-state index is 0.0776. The molecule has 0 spiro atoms. The van der Waals surface area contributed by atoms with Gasteiger partial charge in [0.25, 0.3) is 5.91 Å². The molecule has 3 aliphatic rings. The van der Waals surface area contributed by atoms with E-state index in [9.17, 15) is 4.79 Å². The Morgan fingerprint density at radius 1 is 1.28 bits per heavy atom. The Kier molecular flexibility index (Phi) is 4.65. The number of hydrogen-bond acceptors (Lipinski definition) is 1. The zero-order valence-corrected chi connectivity index (χ0v) is 16.6. The molecule has 0 radical (unpaired) electrons. The third kappa shape index (κ3) is 3.14. The number of hydrogen-bond donors (Lipinski definition) is 1. The van der Waals surface area contributed by atoms with Crippen LogP contribution in [0.15, 0.2) is 28.9 Å². The first-order chi connectivity index (χ1) is 12.1. The van der Waals surface area contributed by atoms with E-state index in [1.807, 2.05) is 18.3 Å². The van der Waals surface area contributed by atoms with Crippen molar-refractivity contribution in [2.24, 2.45) is 11.3 Å². The number of carbonyl (C=O) groups is 1. The minimum Gasteiger partial charge on any atom is -0.351 e. The van der Waals surface area contributed by atoms with Crippen LogP contribution in [0.2, 0.25) is 0 Å². The number of halogens is 1. The molecule has 0 atom stereocenters. The molecular weight excluding hydrogens is 376 g/mol. The highest BCUT2D eigenvalue weighted by molar-refractivity contribution is 9.10. The summed E-state index contributed by atoms with van der Waals surface area (Å²) in [6, 6.07) is 6.17. The van der Waals surface area contributed by atoms with Crippen molar-refractivity contribution < 1.29 is 4.79 Å². The van der Waals surface area contributed by atoms with Crippen molar-refractivity contribution in [3.05, 3.63) is 34.4 Å². The first kappa shape index (κ1) is 17.1. The maximum atomic E-state index is 13.0. The molecule has 2 aromatic rings. The van der Waals surface area contributed by atoms with Gasteiger partial charge in [0.2, 0.25) is 0 Å². The quantitative estimate of drug-likeness (QED) is 0.702. The van der Waals surface area contributed by atoms with Crippen molar-refractivity contribution in [3.8, 4) is 0 Å². The van der Waals surface area contributed by atoms with Crippen LogP contribution in [0.25, 0.3) is 10.9 Å². The summed E-state index contributed by atoms with van der Waals surface area (Å²) in [6.45, 7) is 3.94. The van der Waals surface area contributed by atoms with Crippen LogP contribution in [0.3, 0.4) is 0 Å². The number of carbonyl (C=O) groups excluding carboxylic acids is 1. The van der Waals surface area contributed by atoms with Crippen molar-refractivity contribution in [1.29, 1.82) is 0 Å². The van der Waals surface area contributed by atoms with Gasteiger partial charge in [-0.05, 0) is 68.4 Å². The maximum absolute atomic E-state index is 13.0. The summed E-state index contributed by atoms with van der Waals surface area (Å²) in [5.74, 6) is 1.04. The van der Waals surface area contributed by atoms with Gasteiger partial charge in [0, 0.05) is 34.7 Å². The average Bonchev–Trinajstić information content (AvgIpc) is 3.02. The molecule has 134 valence electrons. The summed E-state index contributed by atoms with van der Waals surface area (Å²) in [5, 5.41) is 4.33. The molecule has 3 saturated carbocycles. The highest BCUT2D eigenvalue weighted by Gasteiger charge is 2.40. The topological polar surface area (TPSA) is 34.0 Å². The Labute approximate surface area is 158 Å². The molecule has 25 heavy (non-hydrogen) atoms. The monoisotopic (exact) mass is 402 g/mol. The van der Waals surface area contributed by atoms with Crippen LogP contribution in [0.1, 0.15) is 62.2 Å². The summed E-state index contributed by atoms with van der Waals surface area (Å²) < 4.78 is 3.21. The standard InChI is InChI=1S/C21H27BrN2O/c1-2-12-24-13-16(19-17(22)4-3-5-18(19)24)20(25)23-14-21-9-6-15(7-10-21)8-11-21/h3-5,13,15H,2,6-12,14H2,1H3,(H,23,25). The van der Waals surface area contributed by atoms with Crippen LogP contribution < -0.4 is 5.32 Å². The van der Waals surface area contributed by atoms with Gasteiger partial charge in [-0.2, -0.15) is 0 Å². The van der Waals surface area contributed by atoms with Crippen molar-refractivity contribution in [2.45, 2.75) is 58.4 Å². The van der Waals surface area contributed by atoms with Crippen LogP contribution in [-0.4, -0.2) is 17.0 Å². The second-order valence-corrected chi connectivity index (χ2v) is 8.89. The van der Waals surface area contributed by atoms with Crippen molar-refractivity contribution in [3.63, 3.8) is 0 Å². The van der Waals surface area contributed by atoms with Crippen LogP contribution in [0.4, 0.5) is 0 Å². The predicted octanol–water partition coefficient (Wildman–Crippen LogP) is 5.51. The van der Waals surface area contributed by atoms with Crippen LogP contribution in [-0.2, 0) is 6.54 Å². The Balaban J connectivity index is 1.57. The lowest BCUT2D eigenvalue weighted by atomic mass is 9.61. The molecule has 3 aliphatic carbocycles. The van der Waals surface area contributed by atoms with Gasteiger partial charge >= 0.3 is 0 Å². The van der Waals surface area contributed by atoms with E-state index in [1.54, 1.807) is 0 Å². The molecule has 1 heterocycles. The predicted molar refractivity (Wildman–Crippen MR) is 106 cm³/mol. The number of benzene rings is 1. The van der Waals surface area contributed by atoms with E-state index in [-0.39, 0.29) is 5.91 Å². The van der Waals surface area contributed by atoms with Crippen LogP contribution in [0.5, 0.6) is 0 Å². The van der Waals surface area contributed by atoms with Crippen LogP contribution >= 0.6 is 15.9 Å². The Morgan fingerprint density at radius 3 is 2.68 bits per heavy atom. The first-order valence-corrected chi connectivity index (χ1v) is 10.5. The second kappa shape index (κ2) is 6.79. The lowest BCUT2D eigenvalue weighted by molar-refractivity contribution is 0.0598. The fraction of sp³-hybridized carbons (Fsp3) is 0.571. The third-order valence-electron chi connectivity index (χ3n) is 6.44. The molecule has 1 aromatic heterocycles. The molecular formula is C21H27BrN2O. The zero-order chi connectivity index (χ0) is 17.4. The van der Waals surface area contributed by atoms with Gasteiger partial charge in [0.05, 0.1) is 5.56 Å². The summed E-state index contributed by atoms with van der Waals surface area (Å²) >= 11 is 3.65. The molecule has 0 aliphatic heterocycles. The van der Waals surface area contributed by atoms with E-state index in [4.69, 9.17) is 0 Å². The summed E-state index contributed by atoms with van der Waals surface area (Å²) in [6.07, 6.45) is 11.0. The molecule has 4 heteroatoms. The molecule has 1 amide bonds. The fourth-order valence-corrected chi connectivity index (χ4v) is 5.44. The highest BCUT2D eigenvalue weighted by atomic mass is 79.9. The largest absolute Gasteiger partial charge is 0.351 e. The van der Waals surface area contributed by atoms with Gasteiger partial charge in [-0.15, -0.1) is 0 Å². The smallest absolute Gasteiger partial charge is 0.253 e. The van der Waals surface area contributed by atoms with E-state index in [0.29, 0.717) is 5.41 Å². The number of amides is 1. The molecule has 3 nitrogen and oxygen atoms in total. The highest BCUT2D eigenvalue weighted by Crippen LogP contribution is 2.49. The molecule has 1 aromatic carbocycles. The lowest BCUT2D eigenvalue weighted by Gasteiger charge is -2.46. The van der Waals surface area contributed by atoms with Crippen molar-refractivity contribution in [2.75, 3.05) is 6.54 Å². The van der Waals surface area contributed by atoms with Gasteiger partial charge in [-0.25, -0.2) is 0 Å². The molecule has 2 bridgehead atoms. The molecule has 0 unspecified atom stereocenters. The van der Waals surface area contributed by atoms with Crippen molar-refractivity contribution >= 4 is 32.7 Å². The summed E-state index contributed by atoms with van der Waals surface area (Å²) in [4.78, 5) is 13.0. The minimum absolute atomic E-state index is 0.0776. The van der Waals surface area contributed by atoms with E-state index >= 15 is 0 Å². The van der Waals surface area contributed by atoms with Gasteiger partial charge < -0.3 is 9.88 Å². The number of aromatic nitrogens is 1. The normalized spacial score (nSPS) is 25.4. The third-order valence-corrected chi connectivity index (χ3v) is 7.10. The van der Waals surface area contributed by atoms with E-state index in [2.05, 4.69) is 38.8 Å². The molecule has 3 fully saturated rings. The first-order valence-electron chi connectivity index (χ1n) is 9.67. The van der Waals surface area contributed by atoms with Gasteiger partial charge in [-0.1, -0.05) is 28.9 Å². The molecule has 0 saturated heterocycles. The Morgan fingerprint density at radius 2 is 2.00 bits per heavy atom. The fourth-order valence-electron chi connectivity index (χ4n) is 4.87. The van der Waals surface area contributed by atoms with E-state index < -0.39 is 0 Å². The summed E-state index contributed by atoms with van der Waals surface area (Å²) in [5.41, 5.74) is 2.30. The second-order valence-electron chi connectivity index (χ2n) is 8.03. The Bertz CT molecular complexity index is 773. The number of rotatable bonds is 5. The van der Waals surface area contributed by atoms with E-state index in [1.165, 1.54) is 38.5 Å². The van der Waals surface area contributed by atoms with E-state index in [0.717, 1.165) is 46.4 Å². The maximum Gasteiger partial charge on any atom is 0.253 e. The average molecular weight is 403 g/mol. The number of nitrogens with one attached hydrogen (secondary N) is 1. The van der Waals surface area contributed by atoms with Crippen LogP contribution in [0, 0.1) is 11.3 Å².